The highest BCUT2D eigenvalue weighted by Gasteiger charge is 2.36. The number of fused-ring (bicyclic) bond motifs is 3. The van der Waals surface area contributed by atoms with Gasteiger partial charge in [0, 0.05) is 56.4 Å². The number of nitrogens with zero attached hydrogens (tertiary/aromatic N) is 1. The molecule has 0 aliphatic carbocycles. The van der Waals surface area contributed by atoms with Crippen LogP contribution in [0.4, 0.5) is 5.69 Å². The molecule has 3 unspecified atom stereocenters. The second-order valence-electron chi connectivity index (χ2n) is 10.7. The zero-order valence-corrected chi connectivity index (χ0v) is 22.6. The van der Waals surface area contributed by atoms with E-state index in [-0.39, 0.29) is 23.9 Å². The van der Waals surface area contributed by atoms with Crippen LogP contribution in [-0.2, 0) is 16.0 Å². The van der Waals surface area contributed by atoms with Crippen molar-refractivity contribution in [1.82, 2.24) is 5.32 Å². The molecule has 0 saturated carbocycles. The van der Waals surface area contributed by atoms with Gasteiger partial charge in [-0.15, -0.1) is 0 Å². The molecule has 2 aliphatic heterocycles. The van der Waals surface area contributed by atoms with Gasteiger partial charge in [-0.2, -0.15) is 0 Å². The Kier molecular flexibility index (Phi) is 9.48. The van der Waals surface area contributed by atoms with E-state index in [4.69, 9.17) is 9.47 Å². The minimum absolute atomic E-state index is 0.00257. The first-order valence-electron chi connectivity index (χ1n) is 14.0. The summed E-state index contributed by atoms with van der Waals surface area (Å²) < 4.78 is 12.2. The summed E-state index contributed by atoms with van der Waals surface area (Å²) in [4.78, 5) is 26.0. The average Bonchev–Trinajstić information content (AvgIpc) is 2.86. The Morgan fingerprint density at radius 2 is 1.92 bits per heavy atom. The third-order valence-electron chi connectivity index (χ3n) is 7.61. The van der Waals surface area contributed by atoms with E-state index >= 15 is 0 Å². The Morgan fingerprint density at radius 3 is 2.68 bits per heavy atom. The number of piperidine rings is 1. The summed E-state index contributed by atoms with van der Waals surface area (Å²) in [6, 6.07) is 15.1. The van der Waals surface area contributed by atoms with Crippen molar-refractivity contribution in [2.75, 3.05) is 18.0 Å². The lowest BCUT2D eigenvalue weighted by atomic mass is 9.79. The summed E-state index contributed by atoms with van der Waals surface area (Å²) in [6.07, 6.45) is 9.60. The lowest BCUT2D eigenvalue weighted by molar-refractivity contribution is -0.132. The Hall–Kier alpha value is -3.02. The van der Waals surface area contributed by atoms with Gasteiger partial charge in [0.1, 0.15) is 11.5 Å². The summed E-state index contributed by atoms with van der Waals surface area (Å²) in [7, 11) is 0. The second kappa shape index (κ2) is 13.0. The van der Waals surface area contributed by atoms with Crippen LogP contribution >= 0.6 is 0 Å². The van der Waals surface area contributed by atoms with Crippen LogP contribution in [0.1, 0.15) is 89.2 Å². The molecule has 4 rings (SSSR count). The van der Waals surface area contributed by atoms with E-state index in [1.165, 1.54) is 31.7 Å². The summed E-state index contributed by atoms with van der Waals surface area (Å²) in [5.41, 5.74) is 3.63. The molecule has 0 spiro atoms. The zero-order chi connectivity index (χ0) is 26.2. The fourth-order valence-corrected chi connectivity index (χ4v) is 5.96. The van der Waals surface area contributed by atoms with Crippen molar-refractivity contribution in [2.24, 2.45) is 0 Å². The quantitative estimate of drug-likeness (QED) is 0.224. The number of nitrogens with one attached hydrogen (secondary N) is 1. The minimum Gasteiger partial charge on any atom is -0.491 e. The lowest BCUT2D eigenvalue weighted by Gasteiger charge is -2.45. The maximum atomic E-state index is 12.1. The van der Waals surface area contributed by atoms with Gasteiger partial charge in [-0.3, -0.25) is 9.59 Å². The van der Waals surface area contributed by atoms with Gasteiger partial charge in [0.2, 0.25) is 5.91 Å². The number of amides is 1. The topological polar surface area (TPSA) is 67.9 Å². The predicted molar refractivity (Wildman–Crippen MR) is 147 cm³/mol. The Balaban J connectivity index is 1.53. The highest BCUT2D eigenvalue weighted by atomic mass is 16.5. The molecule has 0 aromatic heterocycles. The van der Waals surface area contributed by atoms with Crippen molar-refractivity contribution in [3.05, 3.63) is 53.6 Å². The first-order chi connectivity index (χ1) is 17.9. The second-order valence-corrected chi connectivity index (χ2v) is 10.7. The average molecular weight is 507 g/mol. The Bertz CT molecular complexity index is 1050. The largest absolute Gasteiger partial charge is 0.491 e. The molecule has 1 amide bonds. The molecule has 2 aromatic carbocycles. The maximum absolute atomic E-state index is 12.1. The molecule has 1 N–H and O–H groups in total. The molecular formula is C31H42N2O4. The van der Waals surface area contributed by atoms with E-state index in [0.29, 0.717) is 18.3 Å². The summed E-state index contributed by atoms with van der Waals surface area (Å²) in [6.45, 7) is 6.82. The van der Waals surface area contributed by atoms with Crippen LogP contribution in [0.15, 0.2) is 42.5 Å². The predicted octanol–water partition coefficient (Wildman–Crippen LogP) is 6.16. The third-order valence-corrected chi connectivity index (χ3v) is 7.61. The zero-order valence-electron chi connectivity index (χ0n) is 22.6. The minimum atomic E-state index is -0.312. The van der Waals surface area contributed by atoms with Gasteiger partial charge in [-0.1, -0.05) is 30.3 Å². The van der Waals surface area contributed by atoms with Gasteiger partial charge in [-0.05, 0) is 76.2 Å². The number of aryl methyl sites for hydroxylation is 1. The van der Waals surface area contributed by atoms with Gasteiger partial charge in [0.15, 0.2) is 0 Å². The molecule has 2 heterocycles. The number of benzene rings is 2. The van der Waals surface area contributed by atoms with Gasteiger partial charge in [0.25, 0.3) is 0 Å². The van der Waals surface area contributed by atoms with Crippen molar-refractivity contribution >= 4 is 17.6 Å². The number of carbonyl (C=O) groups excluding carboxylic acids is 2. The number of carbonyl (C=O) groups is 2. The highest BCUT2D eigenvalue weighted by Crippen LogP contribution is 2.49. The number of hydrogen-bond donors (Lipinski definition) is 1. The molecule has 6 heteroatoms. The number of rotatable bonds is 11. The fourth-order valence-electron chi connectivity index (χ4n) is 5.96. The van der Waals surface area contributed by atoms with Gasteiger partial charge in [0.05, 0.1) is 6.10 Å². The first kappa shape index (κ1) is 27.0. The third kappa shape index (κ3) is 7.50. The molecule has 1 saturated heterocycles. The molecule has 0 bridgehead atoms. The summed E-state index contributed by atoms with van der Waals surface area (Å²) in [5, 5.41) is 2.92. The van der Waals surface area contributed by atoms with Crippen molar-refractivity contribution < 1.29 is 19.1 Å². The smallest absolute Gasteiger partial charge is 0.308 e. The van der Waals surface area contributed by atoms with E-state index in [1.54, 1.807) is 6.92 Å². The van der Waals surface area contributed by atoms with E-state index in [2.05, 4.69) is 47.5 Å². The molecule has 1 fully saturated rings. The van der Waals surface area contributed by atoms with Crippen LogP contribution in [0.5, 0.6) is 11.5 Å². The first-order valence-corrected chi connectivity index (χ1v) is 14.0. The van der Waals surface area contributed by atoms with Crippen molar-refractivity contribution in [3.8, 4) is 11.5 Å². The normalized spacial score (nSPS) is 19.4. The van der Waals surface area contributed by atoms with Crippen molar-refractivity contribution in [1.29, 1.82) is 0 Å². The standard InChI is InChI=1S/C31H42N2O4/c1-22(11-9-14-25-12-5-4-6-13-25)36-28-20-29-31(30(21-28)37-24(3)35)26(15-10-17-32-23(2)34)19-27-16-7-8-18-33(27)29/h4-6,12-13,20-22,26-27H,7-11,14-19H2,1-3H3,(H,32,34). The number of esters is 1. The summed E-state index contributed by atoms with van der Waals surface area (Å²) in [5.74, 6) is 1.38. The number of ether oxygens (including phenoxy) is 2. The molecular weight excluding hydrogens is 464 g/mol. The number of hydrogen-bond acceptors (Lipinski definition) is 5. The van der Waals surface area contributed by atoms with Crippen molar-refractivity contribution in [3.63, 3.8) is 0 Å². The van der Waals surface area contributed by atoms with Crippen molar-refractivity contribution in [2.45, 2.75) is 96.6 Å². The highest BCUT2D eigenvalue weighted by molar-refractivity contribution is 5.74. The van der Waals surface area contributed by atoms with Crippen LogP contribution in [-0.4, -0.2) is 37.1 Å². The van der Waals surface area contributed by atoms with E-state index in [9.17, 15) is 9.59 Å². The van der Waals surface area contributed by atoms with E-state index in [1.807, 2.05) is 12.1 Å². The molecule has 200 valence electrons. The van der Waals surface area contributed by atoms with Gasteiger partial charge in [-0.25, -0.2) is 0 Å². The van der Waals surface area contributed by atoms with Crippen LogP contribution in [0.25, 0.3) is 0 Å². The molecule has 0 radical (unpaired) electrons. The van der Waals surface area contributed by atoms with Crippen LogP contribution in [0, 0.1) is 0 Å². The van der Waals surface area contributed by atoms with Gasteiger partial charge < -0.3 is 19.7 Å². The molecule has 2 aliphatic rings. The van der Waals surface area contributed by atoms with Crippen LogP contribution < -0.4 is 19.7 Å². The van der Waals surface area contributed by atoms with E-state index in [0.717, 1.165) is 62.1 Å². The lowest BCUT2D eigenvalue weighted by Crippen LogP contribution is -2.44. The van der Waals surface area contributed by atoms with Crippen LogP contribution in [0.3, 0.4) is 0 Å². The molecule has 6 nitrogen and oxygen atoms in total. The molecule has 37 heavy (non-hydrogen) atoms. The summed E-state index contributed by atoms with van der Waals surface area (Å²) >= 11 is 0. The maximum Gasteiger partial charge on any atom is 0.308 e. The fraction of sp³-hybridized carbons (Fsp3) is 0.548. The SMILES string of the molecule is CC(=O)NCCCC1CC2CCCCN2c2cc(OC(C)CCCc3ccccc3)cc(OC(C)=O)c21. The molecule has 3 atom stereocenters. The van der Waals surface area contributed by atoms with Gasteiger partial charge >= 0.3 is 5.97 Å². The Labute approximate surface area is 221 Å². The number of anilines is 1. The van der Waals surface area contributed by atoms with Crippen LogP contribution in [0.2, 0.25) is 0 Å². The monoisotopic (exact) mass is 506 g/mol. The Morgan fingerprint density at radius 1 is 1.11 bits per heavy atom. The van der Waals surface area contributed by atoms with E-state index < -0.39 is 0 Å². The molecule has 2 aromatic rings.